The Kier molecular flexibility index (Phi) is 6.89. The van der Waals surface area contributed by atoms with E-state index < -0.39 is 0 Å². The van der Waals surface area contributed by atoms with Crippen LogP contribution in [0.3, 0.4) is 0 Å². The van der Waals surface area contributed by atoms with Crippen molar-refractivity contribution in [3.63, 3.8) is 0 Å². The van der Waals surface area contributed by atoms with E-state index in [2.05, 4.69) is 60.8 Å². The van der Waals surface area contributed by atoms with E-state index in [9.17, 15) is 0 Å². The Hall–Kier alpha value is -2.78. The first-order valence-electron chi connectivity index (χ1n) is 9.38. The molecule has 0 radical (unpaired) electrons. The highest BCUT2D eigenvalue weighted by molar-refractivity contribution is 5.43. The third-order valence-electron chi connectivity index (χ3n) is 4.63. The number of hydrogen-bond acceptors (Lipinski definition) is 3. The first-order valence-corrected chi connectivity index (χ1v) is 9.38. The molecule has 27 heavy (non-hydrogen) atoms. The summed E-state index contributed by atoms with van der Waals surface area (Å²) in [6.07, 6.45) is 0.937. The second-order valence-corrected chi connectivity index (χ2v) is 6.60. The van der Waals surface area contributed by atoms with Gasteiger partial charge < -0.3 is 14.8 Å². The molecule has 3 nitrogen and oxygen atoms in total. The standard InChI is InChI=1S/C24H27NO2/c1-19(22-11-7-4-8-12-22)25-16-15-20-13-14-23(24(17-20)26-2)27-18-21-9-5-3-6-10-21/h3-14,17,19,25H,15-16,18H2,1-2H3/t19-/m0/s1. The van der Waals surface area contributed by atoms with E-state index in [-0.39, 0.29) is 0 Å². The van der Waals surface area contributed by atoms with Crippen LogP contribution in [0.1, 0.15) is 29.7 Å². The molecule has 0 saturated carbocycles. The molecule has 3 aromatic carbocycles. The number of ether oxygens (including phenoxy) is 2. The van der Waals surface area contributed by atoms with Gasteiger partial charge in [-0.05, 0) is 48.7 Å². The lowest BCUT2D eigenvalue weighted by Crippen LogP contribution is -2.21. The van der Waals surface area contributed by atoms with Gasteiger partial charge >= 0.3 is 0 Å². The summed E-state index contributed by atoms with van der Waals surface area (Å²) in [6, 6.07) is 27.2. The van der Waals surface area contributed by atoms with E-state index in [4.69, 9.17) is 9.47 Å². The Balaban J connectivity index is 1.54. The summed E-state index contributed by atoms with van der Waals surface area (Å²) in [7, 11) is 1.68. The molecule has 3 aromatic rings. The Morgan fingerprint density at radius 1 is 0.815 bits per heavy atom. The summed E-state index contributed by atoms with van der Waals surface area (Å²) < 4.78 is 11.5. The second-order valence-electron chi connectivity index (χ2n) is 6.60. The number of nitrogens with one attached hydrogen (secondary N) is 1. The first-order chi connectivity index (χ1) is 13.3. The maximum atomic E-state index is 5.93. The fourth-order valence-electron chi connectivity index (χ4n) is 3.01. The normalized spacial score (nSPS) is 11.8. The van der Waals surface area contributed by atoms with Crippen LogP contribution in [0.15, 0.2) is 78.9 Å². The molecule has 0 aliphatic rings. The topological polar surface area (TPSA) is 30.5 Å². The van der Waals surface area contributed by atoms with Crippen LogP contribution in [0.25, 0.3) is 0 Å². The number of rotatable bonds is 9. The van der Waals surface area contributed by atoms with Crippen LogP contribution in [0.5, 0.6) is 11.5 Å². The van der Waals surface area contributed by atoms with Gasteiger partial charge in [-0.25, -0.2) is 0 Å². The van der Waals surface area contributed by atoms with E-state index in [1.54, 1.807) is 7.11 Å². The van der Waals surface area contributed by atoms with E-state index in [1.165, 1.54) is 11.1 Å². The summed E-state index contributed by atoms with van der Waals surface area (Å²) in [6.45, 7) is 3.63. The number of hydrogen-bond donors (Lipinski definition) is 1. The fraction of sp³-hybridized carbons (Fsp3) is 0.250. The van der Waals surface area contributed by atoms with Crippen LogP contribution >= 0.6 is 0 Å². The van der Waals surface area contributed by atoms with Crippen LogP contribution in [-0.2, 0) is 13.0 Å². The molecule has 0 unspecified atom stereocenters. The van der Waals surface area contributed by atoms with Crippen molar-refractivity contribution < 1.29 is 9.47 Å². The van der Waals surface area contributed by atoms with Crippen molar-refractivity contribution in [1.29, 1.82) is 0 Å². The highest BCUT2D eigenvalue weighted by Crippen LogP contribution is 2.29. The molecule has 1 N–H and O–H groups in total. The predicted molar refractivity (Wildman–Crippen MR) is 110 cm³/mol. The molecule has 3 rings (SSSR count). The average molecular weight is 361 g/mol. The molecule has 0 aliphatic carbocycles. The van der Waals surface area contributed by atoms with Gasteiger partial charge in [0, 0.05) is 6.04 Å². The molecule has 0 bridgehead atoms. The summed E-state index contributed by atoms with van der Waals surface area (Å²) in [5.41, 5.74) is 3.68. The van der Waals surface area contributed by atoms with Crippen molar-refractivity contribution in [2.75, 3.05) is 13.7 Å². The van der Waals surface area contributed by atoms with E-state index in [0.717, 1.165) is 30.0 Å². The largest absolute Gasteiger partial charge is 0.493 e. The maximum absolute atomic E-state index is 5.93. The fourth-order valence-corrected chi connectivity index (χ4v) is 3.01. The summed E-state index contributed by atoms with van der Waals surface area (Å²) in [5, 5.41) is 3.57. The van der Waals surface area contributed by atoms with Gasteiger partial charge in [0.05, 0.1) is 7.11 Å². The third kappa shape index (κ3) is 5.60. The zero-order chi connectivity index (χ0) is 18.9. The van der Waals surface area contributed by atoms with Crippen molar-refractivity contribution in [2.24, 2.45) is 0 Å². The molecular formula is C24H27NO2. The third-order valence-corrected chi connectivity index (χ3v) is 4.63. The minimum Gasteiger partial charge on any atom is -0.493 e. The predicted octanol–water partition coefficient (Wildman–Crippen LogP) is 5.17. The first kappa shape index (κ1) is 19.0. The lowest BCUT2D eigenvalue weighted by Gasteiger charge is -2.15. The molecule has 0 fully saturated rings. The zero-order valence-electron chi connectivity index (χ0n) is 16.0. The molecule has 140 valence electrons. The summed E-state index contributed by atoms with van der Waals surface area (Å²) >= 11 is 0. The van der Waals surface area contributed by atoms with Crippen molar-refractivity contribution >= 4 is 0 Å². The minimum atomic E-state index is 0.335. The van der Waals surface area contributed by atoms with Crippen LogP contribution in [0, 0.1) is 0 Å². The highest BCUT2D eigenvalue weighted by atomic mass is 16.5. The van der Waals surface area contributed by atoms with Crippen LogP contribution in [0.4, 0.5) is 0 Å². The molecule has 0 spiro atoms. The highest BCUT2D eigenvalue weighted by Gasteiger charge is 2.08. The Morgan fingerprint density at radius 2 is 1.52 bits per heavy atom. The van der Waals surface area contributed by atoms with Gasteiger partial charge in [-0.3, -0.25) is 0 Å². The SMILES string of the molecule is COc1cc(CCN[C@@H](C)c2ccccc2)ccc1OCc1ccccc1. The van der Waals surface area contributed by atoms with E-state index in [0.29, 0.717) is 12.6 Å². The van der Waals surface area contributed by atoms with Gasteiger partial charge in [-0.1, -0.05) is 66.7 Å². The minimum absolute atomic E-state index is 0.335. The average Bonchev–Trinajstić information content (AvgIpc) is 2.74. The van der Waals surface area contributed by atoms with Crippen molar-refractivity contribution in [1.82, 2.24) is 5.32 Å². The van der Waals surface area contributed by atoms with Gasteiger partial charge in [-0.15, -0.1) is 0 Å². The Bertz CT molecular complexity index is 818. The molecule has 3 heteroatoms. The summed E-state index contributed by atoms with van der Waals surface area (Å²) in [4.78, 5) is 0. The molecule has 0 heterocycles. The van der Waals surface area contributed by atoms with Gasteiger partial charge in [0.15, 0.2) is 11.5 Å². The van der Waals surface area contributed by atoms with Gasteiger partial charge in [0.25, 0.3) is 0 Å². The molecule has 0 aromatic heterocycles. The lowest BCUT2D eigenvalue weighted by molar-refractivity contribution is 0.284. The Labute approximate surface area is 162 Å². The second kappa shape index (κ2) is 9.79. The van der Waals surface area contributed by atoms with Crippen LogP contribution < -0.4 is 14.8 Å². The van der Waals surface area contributed by atoms with Crippen molar-refractivity contribution in [3.8, 4) is 11.5 Å². The van der Waals surface area contributed by atoms with E-state index in [1.807, 2.05) is 30.3 Å². The molecule has 0 aliphatic heterocycles. The van der Waals surface area contributed by atoms with Gasteiger partial charge in [0.1, 0.15) is 6.61 Å². The Morgan fingerprint density at radius 3 is 2.22 bits per heavy atom. The van der Waals surface area contributed by atoms with E-state index >= 15 is 0 Å². The number of methoxy groups -OCH3 is 1. The number of benzene rings is 3. The zero-order valence-corrected chi connectivity index (χ0v) is 16.0. The summed E-state index contributed by atoms with van der Waals surface area (Å²) in [5.74, 6) is 1.55. The van der Waals surface area contributed by atoms with Crippen molar-refractivity contribution in [2.45, 2.75) is 26.0 Å². The quantitative estimate of drug-likeness (QED) is 0.570. The maximum Gasteiger partial charge on any atom is 0.161 e. The van der Waals surface area contributed by atoms with Crippen LogP contribution in [0.2, 0.25) is 0 Å². The lowest BCUT2D eigenvalue weighted by atomic mass is 10.1. The molecular weight excluding hydrogens is 334 g/mol. The van der Waals surface area contributed by atoms with Gasteiger partial charge in [0.2, 0.25) is 0 Å². The van der Waals surface area contributed by atoms with Crippen LogP contribution in [-0.4, -0.2) is 13.7 Å². The monoisotopic (exact) mass is 361 g/mol. The van der Waals surface area contributed by atoms with Gasteiger partial charge in [-0.2, -0.15) is 0 Å². The van der Waals surface area contributed by atoms with Crippen molar-refractivity contribution in [3.05, 3.63) is 95.6 Å². The molecule has 0 amide bonds. The smallest absolute Gasteiger partial charge is 0.161 e. The molecule has 0 saturated heterocycles. The molecule has 1 atom stereocenters.